The number of nitrogens with zero attached hydrogens (tertiary/aromatic N) is 3. The van der Waals surface area contributed by atoms with Gasteiger partial charge in [-0.25, -0.2) is 12.8 Å². The molecule has 2 heterocycles. The van der Waals surface area contributed by atoms with Crippen LogP contribution in [0.2, 0.25) is 0 Å². The molecule has 0 aliphatic carbocycles. The molecule has 152 valence electrons. The number of aryl methyl sites for hydroxylation is 1. The van der Waals surface area contributed by atoms with E-state index in [4.69, 9.17) is 0 Å². The number of carbonyl (C=O) groups excluding carboxylic acids is 1. The number of rotatable bonds is 6. The molecule has 1 aromatic carbocycles. The fraction of sp³-hybridized carbons (Fsp3) is 0.474. The fourth-order valence-electron chi connectivity index (χ4n) is 3.57. The van der Waals surface area contributed by atoms with Gasteiger partial charge in [-0.2, -0.15) is 5.10 Å². The highest BCUT2D eigenvalue weighted by Crippen LogP contribution is 2.27. The number of aromatic nitrogens is 2. The van der Waals surface area contributed by atoms with Crippen molar-refractivity contribution in [2.24, 2.45) is 0 Å². The average molecular weight is 408 g/mol. The number of para-hydroxylation sites is 1. The van der Waals surface area contributed by atoms with Gasteiger partial charge in [0.05, 0.1) is 35.5 Å². The number of likely N-dealkylation sites (N-methyl/N-ethyl adjacent to an activating group) is 1. The van der Waals surface area contributed by atoms with Gasteiger partial charge in [0.2, 0.25) is 5.91 Å². The van der Waals surface area contributed by atoms with Crippen LogP contribution in [-0.2, 0) is 21.2 Å². The summed E-state index contributed by atoms with van der Waals surface area (Å²) in [6.45, 7) is 4.39. The fourth-order valence-corrected chi connectivity index (χ4v) is 5.26. The summed E-state index contributed by atoms with van der Waals surface area (Å²) in [5.74, 6) is -0.466. The van der Waals surface area contributed by atoms with Crippen molar-refractivity contribution in [1.29, 1.82) is 0 Å². The minimum Gasteiger partial charge on any atom is -0.322 e. The number of anilines is 1. The van der Waals surface area contributed by atoms with Crippen molar-refractivity contribution in [3.8, 4) is 0 Å². The lowest BCUT2D eigenvalue weighted by atomic mass is 10.1. The number of amides is 1. The van der Waals surface area contributed by atoms with Gasteiger partial charge in [0, 0.05) is 17.8 Å². The lowest BCUT2D eigenvalue weighted by Crippen LogP contribution is -2.30. The minimum absolute atomic E-state index is 0.0935. The lowest BCUT2D eigenvalue weighted by molar-refractivity contribution is -0.117. The molecule has 0 bridgehead atoms. The van der Waals surface area contributed by atoms with Crippen LogP contribution in [0, 0.1) is 19.7 Å². The maximum Gasteiger partial charge on any atom is 0.238 e. The third kappa shape index (κ3) is 4.59. The molecule has 1 atom stereocenters. The minimum atomic E-state index is -2.99. The van der Waals surface area contributed by atoms with Gasteiger partial charge in [0.15, 0.2) is 9.84 Å². The standard InChI is InChI=1S/C19H25FN4O3S/c1-13-16(14(2)24(22-13)15-8-9-28(26,27)12-15)10-23(3)11-19(25)21-18-7-5-4-6-17(18)20/h4-7,15H,8-12H2,1-3H3,(H,21,25)/t15-/m1/s1. The SMILES string of the molecule is Cc1nn([C@@H]2CCS(=O)(=O)C2)c(C)c1CN(C)CC(=O)Nc1ccccc1F. The predicted octanol–water partition coefficient (Wildman–Crippen LogP) is 2.07. The Morgan fingerprint density at radius 1 is 1.36 bits per heavy atom. The maximum atomic E-state index is 13.7. The van der Waals surface area contributed by atoms with E-state index in [9.17, 15) is 17.6 Å². The Balaban J connectivity index is 1.65. The summed E-state index contributed by atoms with van der Waals surface area (Å²) in [7, 11) is -1.19. The first-order valence-corrected chi connectivity index (χ1v) is 11.0. The van der Waals surface area contributed by atoms with E-state index >= 15 is 0 Å². The zero-order valence-electron chi connectivity index (χ0n) is 16.3. The van der Waals surface area contributed by atoms with Crippen LogP contribution in [0.25, 0.3) is 0 Å². The van der Waals surface area contributed by atoms with Gasteiger partial charge in [0.1, 0.15) is 5.82 Å². The van der Waals surface area contributed by atoms with Crippen LogP contribution >= 0.6 is 0 Å². The molecule has 3 rings (SSSR count). The molecule has 2 aromatic rings. The van der Waals surface area contributed by atoms with Crippen LogP contribution in [0.5, 0.6) is 0 Å². The van der Waals surface area contributed by atoms with E-state index in [1.54, 1.807) is 19.2 Å². The predicted molar refractivity (Wildman–Crippen MR) is 105 cm³/mol. The molecule has 1 fully saturated rings. The largest absolute Gasteiger partial charge is 0.322 e. The quantitative estimate of drug-likeness (QED) is 0.791. The third-order valence-corrected chi connectivity index (χ3v) is 6.77. The second-order valence-electron chi connectivity index (χ2n) is 7.35. The number of nitrogens with one attached hydrogen (secondary N) is 1. The molecule has 0 unspecified atom stereocenters. The molecule has 0 spiro atoms. The summed E-state index contributed by atoms with van der Waals surface area (Å²) in [6, 6.07) is 5.90. The van der Waals surface area contributed by atoms with Gasteiger partial charge in [0.25, 0.3) is 0 Å². The van der Waals surface area contributed by atoms with Crippen molar-refractivity contribution in [2.75, 3.05) is 30.4 Å². The first-order valence-electron chi connectivity index (χ1n) is 9.14. The summed E-state index contributed by atoms with van der Waals surface area (Å²) in [4.78, 5) is 14.0. The molecule has 1 amide bonds. The van der Waals surface area contributed by atoms with Crippen molar-refractivity contribution in [3.63, 3.8) is 0 Å². The number of sulfone groups is 1. The van der Waals surface area contributed by atoms with E-state index in [2.05, 4.69) is 10.4 Å². The smallest absolute Gasteiger partial charge is 0.238 e. The Kier molecular flexibility index (Phi) is 5.85. The molecule has 1 aliphatic rings. The summed E-state index contributed by atoms with van der Waals surface area (Å²) < 4.78 is 39.0. The first kappa shape index (κ1) is 20.5. The van der Waals surface area contributed by atoms with Gasteiger partial charge >= 0.3 is 0 Å². The van der Waals surface area contributed by atoms with Gasteiger partial charge in [-0.1, -0.05) is 12.1 Å². The number of benzene rings is 1. The van der Waals surface area contributed by atoms with E-state index < -0.39 is 15.7 Å². The molecule has 28 heavy (non-hydrogen) atoms. The molecular formula is C19H25FN4O3S. The van der Waals surface area contributed by atoms with Crippen LogP contribution in [0.4, 0.5) is 10.1 Å². The molecule has 1 saturated heterocycles. The number of carbonyl (C=O) groups is 1. The molecule has 7 nitrogen and oxygen atoms in total. The molecule has 1 aromatic heterocycles. The van der Waals surface area contributed by atoms with Crippen LogP contribution in [0.15, 0.2) is 24.3 Å². The van der Waals surface area contributed by atoms with Crippen molar-refractivity contribution in [1.82, 2.24) is 14.7 Å². The summed E-state index contributed by atoms with van der Waals surface area (Å²) in [6.07, 6.45) is 0.574. The van der Waals surface area contributed by atoms with Crippen LogP contribution in [0.3, 0.4) is 0 Å². The van der Waals surface area contributed by atoms with Gasteiger partial charge < -0.3 is 5.32 Å². The number of hydrogen-bond donors (Lipinski definition) is 1. The van der Waals surface area contributed by atoms with E-state index in [1.165, 1.54) is 12.1 Å². The monoisotopic (exact) mass is 408 g/mol. The third-order valence-electron chi connectivity index (χ3n) is 5.02. The highest BCUT2D eigenvalue weighted by Gasteiger charge is 2.31. The second kappa shape index (κ2) is 8.00. The lowest BCUT2D eigenvalue weighted by Gasteiger charge is -2.17. The Labute approximate surface area is 164 Å². The van der Waals surface area contributed by atoms with E-state index in [-0.39, 0.29) is 35.7 Å². The topological polar surface area (TPSA) is 84.3 Å². The van der Waals surface area contributed by atoms with E-state index in [1.807, 2.05) is 23.4 Å². The normalized spacial score (nSPS) is 18.5. The van der Waals surface area contributed by atoms with Crippen molar-refractivity contribution in [2.45, 2.75) is 32.9 Å². The number of hydrogen-bond acceptors (Lipinski definition) is 5. The van der Waals surface area contributed by atoms with Crippen molar-refractivity contribution < 1.29 is 17.6 Å². The Bertz CT molecular complexity index is 987. The van der Waals surface area contributed by atoms with Gasteiger partial charge in [-0.3, -0.25) is 14.4 Å². The maximum absolute atomic E-state index is 13.7. The number of halogens is 1. The first-order chi connectivity index (χ1) is 13.2. The van der Waals surface area contributed by atoms with Gasteiger partial charge in [-0.05, 0) is 39.4 Å². The highest BCUT2D eigenvalue weighted by atomic mass is 32.2. The zero-order valence-corrected chi connectivity index (χ0v) is 17.1. The molecular weight excluding hydrogens is 383 g/mol. The van der Waals surface area contributed by atoms with Crippen molar-refractivity contribution >= 4 is 21.4 Å². The average Bonchev–Trinajstić information content (AvgIpc) is 3.10. The summed E-state index contributed by atoms with van der Waals surface area (Å²) in [5.41, 5.74) is 2.87. The zero-order chi connectivity index (χ0) is 20.5. The van der Waals surface area contributed by atoms with Crippen molar-refractivity contribution in [3.05, 3.63) is 47.0 Å². The summed E-state index contributed by atoms with van der Waals surface area (Å²) in [5, 5.41) is 7.12. The molecule has 0 radical (unpaired) electrons. The second-order valence-corrected chi connectivity index (χ2v) is 9.58. The van der Waals surface area contributed by atoms with E-state index in [0.29, 0.717) is 13.0 Å². The molecule has 9 heteroatoms. The Morgan fingerprint density at radius 3 is 2.71 bits per heavy atom. The summed E-state index contributed by atoms with van der Waals surface area (Å²) >= 11 is 0. The molecule has 1 aliphatic heterocycles. The molecule has 0 saturated carbocycles. The van der Waals surface area contributed by atoms with Crippen LogP contribution in [0.1, 0.15) is 29.4 Å². The molecule has 1 N–H and O–H groups in total. The van der Waals surface area contributed by atoms with Crippen LogP contribution < -0.4 is 5.32 Å². The highest BCUT2D eigenvalue weighted by molar-refractivity contribution is 7.91. The Morgan fingerprint density at radius 2 is 2.07 bits per heavy atom. The van der Waals surface area contributed by atoms with Gasteiger partial charge in [-0.15, -0.1) is 0 Å². The Hall–Kier alpha value is -2.26. The van der Waals surface area contributed by atoms with E-state index in [0.717, 1.165) is 17.0 Å². The van der Waals surface area contributed by atoms with Crippen LogP contribution in [-0.4, -0.2) is 54.1 Å².